The molecule has 0 radical (unpaired) electrons. The van der Waals surface area contributed by atoms with E-state index in [1.54, 1.807) is 0 Å². The number of nitrogens with one attached hydrogen (secondary N) is 1. The van der Waals surface area contributed by atoms with Gasteiger partial charge in [0.25, 0.3) is 0 Å². The number of aromatic nitrogens is 2. The molecule has 1 saturated heterocycles. The Bertz CT molecular complexity index is 391. The van der Waals surface area contributed by atoms with Gasteiger partial charge < -0.3 is 10.2 Å². The van der Waals surface area contributed by atoms with Gasteiger partial charge in [-0.25, -0.2) is 4.98 Å². The van der Waals surface area contributed by atoms with Crippen molar-refractivity contribution in [2.45, 2.75) is 52.5 Å². The van der Waals surface area contributed by atoms with Crippen molar-refractivity contribution in [2.75, 3.05) is 23.3 Å². The highest BCUT2D eigenvalue weighted by molar-refractivity contribution is 5.50. The minimum absolute atomic E-state index is 0.651. The number of nitrogens with zero attached hydrogens (tertiary/aromatic N) is 3. The molecule has 0 spiro atoms. The highest BCUT2D eigenvalue weighted by Crippen LogP contribution is 2.28. The fourth-order valence-electron chi connectivity index (χ4n) is 2.58. The van der Waals surface area contributed by atoms with E-state index >= 15 is 0 Å². The van der Waals surface area contributed by atoms with E-state index < -0.39 is 0 Å². The second kappa shape index (κ2) is 6.03. The molecule has 1 aliphatic heterocycles. The third-order valence-corrected chi connectivity index (χ3v) is 3.60. The van der Waals surface area contributed by atoms with Gasteiger partial charge >= 0.3 is 0 Å². The lowest BCUT2D eigenvalue weighted by atomic mass is 10.1. The van der Waals surface area contributed by atoms with E-state index in [2.05, 4.69) is 36.0 Å². The van der Waals surface area contributed by atoms with Crippen LogP contribution < -0.4 is 10.2 Å². The Balaban J connectivity index is 2.20. The summed E-state index contributed by atoms with van der Waals surface area (Å²) in [5, 5.41) is 3.27. The average molecular weight is 248 g/mol. The van der Waals surface area contributed by atoms with Crippen molar-refractivity contribution >= 4 is 11.8 Å². The second-order valence-corrected chi connectivity index (χ2v) is 5.02. The molecule has 100 valence electrons. The molecule has 0 amide bonds. The summed E-state index contributed by atoms with van der Waals surface area (Å²) in [5.74, 6) is 1.88. The predicted molar refractivity (Wildman–Crippen MR) is 76.2 cm³/mol. The molecule has 1 atom stereocenters. The zero-order valence-electron chi connectivity index (χ0n) is 11.7. The maximum absolute atomic E-state index is 4.69. The van der Waals surface area contributed by atoms with Gasteiger partial charge in [-0.2, -0.15) is 4.98 Å². The van der Waals surface area contributed by atoms with Gasteiger partial charge in [0.1, 0.15) is 5.82 Å². The number of hydrogen-bond acceptors (Lipinski definition) is 4. The van der Waals surface area contributed by atoms with Crippen molar-refractivity contribution in [2.24, 2.45) is 0 Å². The van der Waals surface area contributed by atoms with E-state index in [0.29, 0.717) is 6.04 Å². The SMILES string of the molecule is CCCNc1ncc(C)c(N2CCCC2CC)n1. The van der Waals surface area contributed by atoms with Crippen LogP contribution in [0.1, 0.15) is 45.1 Å². The molecule has 0 bridgehead atoms. The summed E-state index contributed by atoms with van der Waals surface area (Å²) in [6, 6.07) is 0.651. The maximum atomic E-state index is 4.69. The van der Waals surface area contributed by atoms with E-state index in [-0.39, 0.29) is 0 Å². The van der Waals surface area contributed by atoms with Gasteiger partial charge in [0.05, 0.1) is 0 Å². The normalized spacial score (nSPS) is 19.3. The molecule has 1 aliphatic rings. The van der Waals surface area contributed by atoms with Crippen molar-refractivity contribution in [3.05, 3.63) is 11.8 Å². The van der Waals surface area contributed by atoms with Gasteiger partial charge in [0.15, 0.2) is 0 Å². The first-order valence-electron chi connectivity index (χ1n) is 7.10. The van der Waals surface area contributed by atoms with Crippen LogP contribution in [0.5, 0.6) is 0 Å². The van der Waals surface area contributed by atoms with Crippen molar-refractivity contribution in [1.29, 1.82) is 0 Å². The quantitative estimate of drug-likeness (QED) is 0.869. The lowest BCUT2D eigenvalue weighted by Crippen LogP contribution is -2.30. The van der Waals surface area contributed by atoms with Crippen LogP contribution in [0, 0.1) is 6.92 Å². The Hall–Kier alpha value is -1.32. The lowest BCUT2D eigenvalue weighted by molar-refractivity contribution is 0.639. The summed E-state index contributed by atoms with van der Waals surface area (Å²) in [4.78, 5) is 11.5. The maximum Gasteiger partial charge on any atom is 0.224 e. The van der Waals surface area contributed by atoms with Crippen molar-refractivity contribution in [3.63, 3.8) is 0 Å². The van der Waals surface area contributed by atoms with Crippen LogP contribution >= 0.6 is 0 Å². The average Bonchev–Trinajstić information content (AvgIpc) is 2.86. The number of hydrogen-bond donors (Lipinski definition) is 1. The molecule has 4 heteroatoms. The van der Waals surface area contributed by atoms with Gasteiger partial charge in [-0.1, -0.05) is 13.8 Å². The third-order valence-electron chi connectivity index (χ3n) is 3.60. The number of anilines is 2. The van der Waals surface area contributed by atoms with Crippen LogP contribution in [-0.2, 0) is 0 Å². The fourth-order valence-corrected chi connectivity index (χ4v) is 2.58. The van der Waals surface area contributed by atoms with Crippen LogP contribution in [0.2, 0.25) is 0 Å². The van der Waals surface area contributed by atoms with E-state index in [0.717, 1.165) is 31.3 Å². The largest absolute Gasteiger partial charge is 0.354 e. The monoisotopic (exact) mass is 248 g/mol. The second-order valence-electron chi connectivity index (χ2n) is 5.02. The fraction of sp³-hybridized carbons (Fsp3) is 0.714. The molecule has 0 aromatic carbocycles. The molecule has 1 aromatic heterocycles. The Morgan fingerprint density at radius 3 is 3.00 bits per heavy atom. The molecule has 1 unspecified atom stereocenters. The van der Waals surface area contributed by atoms with E-state index in [4.69, 9.17) is 4.98 Å². The smallest absolute Gasteiger partial charge is 0.224 e. The summed E-state index contributed by atoms with van der Waals surface area (Å²) in [6.07, 6.45) is 6.79. The summed E-state index contributed by atoms with van der Waals surface area (Å²) in [7, 11) is 0. The molecule has 4 nitrogen and oxygen atoms in total. The molecular weight excluding hydrogens is 224 g/mol. The first-order chi connectivity index (χ1) is 8.76. The minimum Gasteiger partial charge on any atom is -0.354 e. The topological polar surface area (TPSA) is 41.1 Å². The Kier molecular flexibility index (Phi) is 4.39. The zero-order valence-corrected chi connectivity index (χ0v) is 11.7. The molecule has 2 heterocycles. The molecule has 0 saturated carbocycles. The van der Waals surface area contributed by atoms with E-state index in [1.807, 2.05) is 6.20 Å². The molecule has 0 aliphatic carbocycles. The van der Waals surface area contributed by atoms with Crippen LogP contribution in [0.25, 0.3) is 0 Å². The molecule has 18 heavy (non-hydrogen) atoms. The van der Waals surface area contributed by atoms with Gasteiger partial charge in [-0.15, -0.1) is 0 Å². The van der Waals surface area contributed by atoms with Gasteiger partial charge in [0.2, 0.25) is 5.95 Å². The summed E-state index contributed by atoms with van der Waals surface area (Å²) in [5.41, 5.74) is 1.18. The first kappa shape index (κ1) is 13.1. The Morgan fingerprint density at radius 2 is 2.28 bits per heavy atom. The highest BCUT2D eigenvalue weighted by Gasteiger charge is 2.25. The van der Waals surface area contributed by atoms with Crippen LogP contribution in [0.15, 0.2) is 6.20 Å². The Morgan fingerprint density at radius 1 is 1.44 bits per heavy atom. The lowest BCUT2D eigenvalue weighted by Gasteiger charge is -2.26. The standard InChI is InChI=1S/C14H24N4/c1-4-8-15-14-16-10-11(3)13(17-14)18-9-6-7-12(18)5-2/h10,12H,4-9H2,1-3H3,(H,15,16,17). The molecule has 1 N–H and O–H groups in total. The van der Waals surface area contributed by atoms with E-state index in [9.17, 15) is 0 Å². The summed E-state index contributed by atoms with van der Waals surface area (Å²) < 4.78 is 0. The molecular formula is C14H24N4. The van der Waals surface area contributed by atoms with Gasteiger partial charge in [-0.3, -0.25) is 0 Å². The molecule has 1 aromatic rings. The first-order valence-corrected chi connectivity index (χ1v) is 7.10. The van der Waals surface area contributed by atoms with Crippen LogP contribution in [0.3, 0.4) is 0 Å². The summed E-state index contributed by atoms with van der Waals surface area (Å²) in [6.45, 7) is 8.57. The zero-order chi connectivity index (χ0) is 13.0. The minimum atomic E-state index is 0.651. The number of rotatable bonds is 5. The van der Waals surface area contributed by atoms with Gasteiger partial charge in [0, 0.05) is 30.9 Å². The van der Waals surface area contributed by atoms with Crippen molar-refractivity contribution in [3.8, 4) is 0 Å². The van der Waals surface area contributed by atoms with Crippen LogP contribution in [0.4, 0.5) is 11.8 Å². The molecule has 1 fully saturated rings. The predicted octanol–water partition coefficient (Wildman–Crippen LogP) is 2.99. The highest BCUT2D eigenvalue weighted by atomic mass is 15.3. The van der Waals surface area contributed by atoms with Crippen molar-refractivity contribution in [1.82, 2.24) is 9.97 Å². The third kappa shape index (κ3) is 2.74. The number of aryl methyl sites for hydroxylation is 1. The summed E-state index contributed by atoms with van der Waals surface area (Å²) >= 11 is 0. The van der Waals surface area contributed by atoms with Gasteiger partial charge in [-0.05, 0) is 32.6 Å². The van der Waals surface area contributed by atoms with Crippen LogP contribution in [-0.4, -0.2) is 29.1 Å². The molecule has 2 rings (SSSR count). The Labute approximate surface area is 110 Å². The van der Waals surface area contributed by atoms with Crippen molar-refractivity contribution < 1.29 is 0 Å². The van der Waals surface area contributed by atoms with E-state index in [1.165, 1.54) is 24.8 Å².